The molecule has 0 aromatic heterocycles. The number of rotatable bonds is 5. The van der Waals surface area contributed by atoms with Crippen LogP contribution in [-0.4, -0.2) is 18.7 Å². The summed E-state index contributed by atoms with van der Waals surface area (Å²) >= 11 is 0. The Morgan fingerprint density at radius 3 is 2.75 bits per heavy atom. The van der Waals surface area contributed by atoms with Crippen LogP contribution in [0.2, 0.25) is 0 Å². The first kappa shape index (κ1) is 12.2. The van der Waals surface area contributed by atoms with E-state index in [0.29, 0.717) is 11.7 Å². The Morgan fingerprint density at radius 1 is 1.44 bits per heavy atom. The fourth-order valence-corrected chi connectivity index (χ4v) is 0.956. The first-order chi connectivity index (χ1) is 7.68. The molecule has 86 valence electrons. The molecule has 0 atom stereocenters. The van der Waals surface area contributed by atoms with E-state index >= 15 is 0 Å². The fourth-order valence-electron chi connectivity index (χ4n) is 0.956. The maximum Gasteiger partial charge on any atom is 0.277 e. The number of hydrogen-bond donors (Lipinski definition) is 1. The minimum atomic E-state index is -0.263. The first-order valence-electron chi connectivity index (χ1n) is 5.18. The number of para-hydroxylation sites is 1. The lowest BCUT2D eigenvalue weighted by Gasteiger charge is -2.04. The van der Waals surface area contributed by atoms with E-state index in [-0.39, 0.29) is 12.5 Å². The van der Waals surface area contributed by atoms with Crippen molar-refractivity contribution < 1.29 is 9.53 Å². The van der Waals surface area contributed by atoms with Gasteiger partial charge in [-0.2, -0.15) is 5.10 Å². The summed E-state index contributed by atoms with van der Waals surface area (Å²) in [6, 6.07) is 9.18. The number of nitrogens with zero attached hydrogens (tertiary/aromatic N) is 1. The molecule has 4 heteroatoms. The largest absolute Gasteiger partial charge is 0.484 e. The van der Waals surface area contributed by atoms with E-state index in [9.17, 15) is 4.79 Å². The molecule has 0 spiro atoms. The van der Waals surface area contributed by atoms with Crippen molar-refractivity contribution in [3.05, 3.63) is 30.3 Å². The third-order valence-electron chi connectivity index (χ3n) is 1.68. The van der Waals surface area contributed by atoms with Crippen LogP contribution in [0.25, 0.3) is 0 Å². The van der Waals surface area contributed by atoms with E-state index in [0.717, 1.165) is 0 Å². The number of amides is 1. The van der Waals surface area contributed by atoms with Gasteiger partial charge in [0.25, 0.3) is 5.91 Å². The van der Waals surface area contributed by atoms with Crippen molar-refractivity contribution in [1.29, 1.82) is 0 Å². The summed E-state index contributed by atoms with van der Waals surface area (Å²) in [6.07, 6.45) is 1.67. The molecule has 0 radical (unpaired) electrons. The van der Waals surface area contributed by atoms with E-state index < -0.39 is 0 Å². The van der Waals surface area contributed by atoms with E-state index in [1.165, 1.54) is 0 Å². The molecule has 4 nitrogen and oxygen atoms in total. The van der Waals surface area contributed by atoms with Gasteiger partial charge in [0.2, 0.25) is 0 Å². The Bertz CT molecular complexity index is 347. The summed E-state index contributed by atoms with van der Waals surface area (Å²) in [5.41, 5.74) is 2.39. The number of benzene rings is 1. The summed E-state index contributed by atoms with van der Waals surface area (Å²) < 4.78 is 5.24. The molecule has 0 unspecified atom stereocenters. The Hall–Kier alpha value is -1.84. The highest BCUT2D eigenvalue weighted by molar-refractivity contribution is 5.78. The van der Waals surface area contributed by atoms with Gasteiger partial charge in [-0.25, -0.2) is 5.43 Å². The van der Waals surface area contributed by atoms with Crippen LogP contribution in [0.4, 0.5) is 0 Å². The van der Waals surface area contributed by atoms with E-state index in [2.05, 4.69) is 10.5 Å². The molecule has 16 heavy (non-hydrogen) atoms. The van der Waals surface area contributed by atoms with Gasteiger partial charge in [-0.1, -0.05) is 32.0 Å². The molecule has 0 saturated heterocycles. The second-order valence-electron chi connectivity index (χ2n) is 3.66. The van der Waals surface area contributed by atoms with Gasteiger partial charge in [0, 0.05) is 6.21 Å². The maximum absolute atomic E-state index is 11.2. The van der Waals surface area contributed by atoms with Crippen LogP contribution >= 0.6 is 0 Å². The molecule has 0 fully saturated rings. The van der Waals surface area contributed by atoms with Gasteiger partial charge in [0.1, 0.15) is 5.75 Å². The molecule has 0 heterocycles. The van der Waals surface area contributed by atoms with Gasteiger partial charge < -0.3 is 4.74 Å². The predicted octanol–water partition coefficient (Wildman–Crippen LogP) is 1.82. The number of hydrazone groups is 1. The van der Waals surface area contributed by atoms with Gasteiger partial charge >= 0.3 is 0 Å². The van der Waals surface area contributed by atoms with Crippen molar-refractivity contribution in [2.45, 2.75) is 13.8 Å². The van der Waals surface area contributed by atoms with Crippen molar-refractivity contribution in [2.24, 2.45) is 11.0 Å². The van der Waals surface area contributed by atoms with Crippen molar-refractivity contribution >= 4 is 12.1 Å². The fraction of sp³-hybridized carbons (Fsp3) is 0.333. The average Bonchev–Trinajstić information content (AvgIpc) is 2.27. The number of nitrogens with one attached hydrogen (secondary N) is 1. The minimum absolute atomic E-state index is 0.0283. The van der Waals surface area contributed by atoms with E-state index in [1.807, 2.05) is 32.0 Å². The van der Waals surface area contributed by atoms with Gasteiger partial charge in [0.05, 0.1) is 0 Å². The van der Waals surface area contributed by atoms with Gasteiger partial charge in [-0.15, -0.1) is 0 Å². The highest BCUT2D eigenvalue weighted by atomic mass is 16.5. The van der Waals surface area contributed by atoms with E-state index in [1.54, 1.807) is 18.3 Å². The molecular formula is C12H16N2O2. The van der Waals surface area contributed by atoms with Crippen LogP contribution in [0.5, 0.6) is 5.75 Å². The SMILES string of the molecule is CC(C)C=NNC(=O)COc1ccccc1. The summed E-state index contributed by atoms with van der Waals surface area (Å²) in [5, 5.41) is 3.78. The normalized spacial score (nSPS) is 10.7. The monoisotopic (exact) mass is 220 g/mol. The lowest BCUT2D eigenvalue weighted by Crippen LogP contribution is -2.24. The number of carbonyl (C=O) groups excluding carboxylic acids is 1. The van der Waals surface area contributed by atoms with Gasteiger partial charge in [-0.3, -0.25) is 4.79 Å². The summed E-state index contributed by atoms with van der Waals surface area (Å²) in [5.74, 6) is 0.724. The molecule has 0 aliphatic rings. The first-order valence-corrected chi connectivity index (χ1v) is 5.18. The van der Waals surface area contributed by atoms with Gasteiger partial charge in [0.15, 0.2) is 6.61 Å². The third-order valence-corrected chi connectivity index (χ3v) is 1.68. The molecule has 0 bridgehead atoms. The Balaban J connectivity index is 2.26. The predicted molar refractivity (Wildman–Crippen MR) is 63.4 cm³/mol. The zero-order chi connectivity index (χ0) is 11.8. The second-order valence-corrected chi connectivity index (χ2v) is 3.66. The molecule has 1 N–H and O–H groups in total. The number of hydrogen-bond acceptors (Lipinski definition) is 3. The van der Waals surface area contributed by atoms with Crippen LogP contribution in [-0.2, 0) is 4.79 Å². The number of carbonyl (C=O) groups is 1. The topological polar surface area (TPSA) is 50.7 Å². The Kier molecular flexibility index (Phi) is 5.05. The lowest BCUT2D eigenvalue weighted by molar-refractivity contribution is -0.123. The van der Waals surface area contributed by atoms with Crippen LogP contribution in [0.1, 0.15) is 13.8 Å². The highest BCUT2D eigenvalue weighted by Crippen LogP contribution is 2.07. The van der Waals surface area contributed by atoms with Crippen molar-refractivity contribution in [2.75, 3.05) is 6.61 Å². The van der Waals surface area contributed by atoms with Crippen molar-refractivity contribution in [3.8, 4) is 5.75 Å². The number of ether oxygens (including phenoxy) is 1. The zero-order valence-corrected chi connectivity index (χ0v) is 9.51. The zero-order valence-electron chi connectivity index (χ0n) is 9.51. The third kappa shape index (κ3) is 5.14. The Labute approximate surface area is 95.3 Å². The van der Waals surface area contributed by atoms with Crippen LogP contribution < -0.4 is 10.2 Å². The maximum atomic E-state index is 11.2. The molecule has 0 saturated carbocycles. The molecule has 1 aromatic carbocycles. The highest BCUT2D eigenvalue weighted by Gasteiger charge is 2.00. The summed E-state index contributed by atoms with van der Waals surface area (Å²) in [6.45, 7) is 3.94. The summed E-state index contributed by atoms with van der Waals surface area (Å²) in [7, 11) is 0. The molecule has 1 rings (SSSR count). The Morgan fingerprint density at radius 2 is 2.12 bits per heavy atom. The van der Waals surface area contributed by atoms with Crippen molar-refractivity contribution in [3.63, 3.8) is 0 Å². The molecule has 1 aromatic rings. The average molecular weight is 220 g/mol. The lowest BCUT2D eigenvalue weighted by atomic mass is 10.3. The summed E-state index contributed by atoms with van der Waals surface area (Å²) in [4.78, 5) is 11.2. The van der Waals surface area contributed by atoms with Crippen LogP contribution in [0.15, 0.2) is 35.4 Å². The smallest absolute Gasteiger partial charge is 0.277 e. The van der Waals surface area contributed by atoms with Gasteiger partial charge in [-0.05, 0) is 18.1 Å². The second kappa shape index (κ2) is 6.61. The molecule has 0 aliphatic heterocycles. The molecular weight excluding hydrogens is 204 g/mol. The molecule has 0 aliphatic carbocycles. The molecule has 1 amide bonds. The van der Waals surface area contributed by atoms with Crippen LogP contribution in [0.3, 0.4) is 0 Å². The quantitative estimate of drug-likeness (QED) is 0.608. The van der Waals surface area contributed by atoms with Crippen LogP contribution in [0, 0.1) is 5.92 Å². The van der Waals surface area contributed by atoms with Crippen molar-refractivity contribution in [1.82, 2.24) is 5.43 Å². The minimum Gasteiger partial charge on any atom is -0.484 e. The standard InChI is InChI=1S/C12H16N2O2/c1-10(2)8-13-14-12(15)9-16-11-6-4-3-5-7-11/h3-8,10H,9H2,1-2H3,(H,14,15). The van der Waals surface area contributed by atoms with E-state index in [4.69, 9.17) is 4.74 Å².